The van der Waals surface area contributed by atoms with Crippen molar-refractivity contribution < 1.29 is 28.5 Å². The van der Waals surface area contributed by atoms with Crippen molar-refractivity contribution in [3.8, 4) is 17.2 Å². The van der Waals surface area contributed by atoms with Crippen LogP contribution in [0, 0.1) is 0 Å². The Morgan fingerprint density at radius 1 is 1.04 bits per heavy atom. The van der Waals surface area contributed by atoms with Crippen molar-refractivity contribution in [2.45, 2.75) is 26.3 Å². The highest BCUT2D eigenvalue weighted by Crippen LogP contribution is 2.38. The molecular weight excluding hydrogens is 302 g/mol. The fourth-order valence-electron chi connectivity index (χ4n) is 1.96. The van der Waals surface area contributed by atoms with Gasteiger partial charge >= 0.3 is 5.97 Å². The maximum Gasteiger partial charge on any atom is 0.310 e. The van der Waals surface area contributed by atoms with Gasteiger partial charge in [-0.1, -0.05) is 0 Å². The lowest BCUT2D eigenvalue weighted by Crippen LogP contribution is -2.34. The number of benzene rings is 1. The van der Waals surface area contributed by atoms with Crippen LogP contribution in [0.15, 0.2) is 12.1 Å². The lowest BCUT2D eigenvalue weighted by Gasteiger charge is -2.14. The number of esters is 1. The average Bonchev–Trinajstić information content (AvgIpc) is 2.51. The van der Waals surface area contributed by atoms with E-state index in [1.807, 2.05) is 13.8 Å². The van der Waals surface area contributed by atoms with Gasteiger partial charge < -0.3 is 24.3 Å². The number of nitrogens with one attached hydrogen (secondary N) is 1. The second kappa shape index (κ2) is 8.87. The summed E-state index contributed by atoms with van der Waals surface area (Å²) in [7, 11) is 4.49. The monoisotopic (exact) mass is 325 g/mol. The van der Waals surface area contributed by atoms with Crippen LogP contribution in [0.3, 0.4) is 0 Å². The molecule has 0 saturated heterocycles. The topological polar surface area (TPSA) is 83.1 Å². The van der Waals surface area contributed by atoms with Gasteiger partial charge in [0.1, 0.15) is 0 Å². The molecule has 7 heteroatoms. The predicted molar refractivity (Wildman–Crippen MR) is 84.0 cm³/mol. The Balaban J connectivity index is 2.73. The van der Waals surface area contributed by atoms with Crippen LogP contribution >= 0.6 is 0 Å². The summed E-state index contributed by atoms with van der Waals surface area (Å²) >= 11 is 0. The third-order valence-corrected chi connectivity index (χ3v) is 2.89. The summed E-state index contributed by atoms with van der Waals surface area (Å²) in [6, 6.07) is 3.32. The highest BCUT2D eigenvalue weighted by molar-refractivity contribution is 5.81. The molecule has 1 rings (SSSR count). The molecule has 0 bridgehead atoms. The first-order chi connectivity index (χ1) is 10.9. The SMILES string of the molecule is COc1cc(CC(=O)OCC(=O)NC(C)C)cc(OC)c1OC. The van der Waals surface area contributed by atoms with E-state index in [1.54, 1.807) is 12.1 Å². The standard InChI is InChI=1S/C16H23NO6/c1-10(2)17-14(18)9-23-15(19)8-11-6-12(20-3)16(22-5)13(7-11)21-4/h6-7,10H,8-9H2,1-5H3,(H,17,18). The highest BCUT2D eigenvalue weighted by atomic mass is 16.5. The molecule has 0 aromatic heterocycles. The lowest BCUT2D eigenvalue weighted by molar-refractivity contribution is -0.148. The summed E-state index contributed by atoms with van der Waals surface area (Å²) < 4.78 is 20.6. The van der Waals surface area contributed by atoms with Gasteiger partial charge in [0.15, 0.2) is 18.1 Å². The van der Waals surface area contributed by atoms with Crippen molar-refractivity contribution in [3.63, 3.8) is 0 Å². The van der Waals surface area contributed by atoms with Gasteiger partial charge in [0, 0.05) is 6.04 Å². The van der Waals surface area contributed by atoms with Crippen molar-refractivity contribution in [2.24, 2.45) is 0 Å². The minimum Gasteiger partial charge on any atom is -0.493 e. The van der Waals surface area contributed by atoms with E-state index in [-0.39, 0.29) is 25.0 Å². The molecule has 0 radical (unpaired) electrons. The van der Waals surface area contributed by atoms with E-state index >= 15 is 0 Å². The van der Waals surface area contributed by atoms with Gasteiger partial charge in [-0.3, -0.25) is 9.59 Å². The van der Waals surface area contributed by atoms with E-state index in [2.05, 4.69) is 5.32 Å². The van der Waals surface area contributed by atoms with Crippen molar-refractivity contribution >= 4 is 11.9 Å². The second-order valence-electron chi connectivity index (χ2n) is 5.09. The normalized spacial score (nSPS) is 10.2. The van der Waals surface area contributed by atoms with Crippen molar-refractivity contribution in [3.05, 3.63) is 17.7 Å². The van der Waals surface area contributed by atoms with Crippen LogP contribution in [0.1, 0.15) is 19.4 Å². The molecule has 1 amide bonds. The number of methoxy groups -OCH3 is 3. The van der Waals surface area contributed by atoms with E-state index in [4.69, 9.17) is 18.9 Å². The molecule has 0 saturated carbocycles. The molecule has 0 fully saturated rings. The van der Waals surface area contributed by atoms with Crippen molar-refractivity contribution in [1.29, 1.82) is 0 Å². The van der Waals surface area contributed by atoms with E-state index in [0.717, 1.165) is 0 Å². The zero-order valence-electron chi connectivity index (χ0n) is 14.1. The first-order valence-corrected chi connectivity index (χ1v) is 7.15. The summed E-state index contributed by atoms with van der Waals surface area (Å²) in [5.41, 5.74) is 0.633. The molecular formula is C16H23NO6. The largest absolute Gasteiger partial charge is 0.493 e. The molecule has 0 aliphatic carbocycles. The van der Waals surface area contributed by atoms with Gasteiger partial charge in [-0.05, 0) is 31.5 Å². The Kier molecular flexibility index (Phi) is 7.18. The summed E-state index contributed by atoms with van der Waals surface area (Å²) in [5, 5.41) is 2.64. The Bertz CT molecular complexity index is 530. The summed E-state index contributed by atoms with van der Waals surface area (Å²) in [6.07, 6.45) is -0.00826. The van der Waals surface area contributed by atoms with Gasteiger partial charge in [0.2, 0.25) is 5.75 Å². The van der Waals surface area contributed by atoms with E-state index < -0.39 is 5.97 Å². The quantitative estimate of drug-likeness (QED) is 0.726. The smallest absolute Gasteiger partial charge is 0.310 e. The van der Waals surface area contributed by atoms with E-state index in [9.17, 15) is 9.59 Å². The van der Waals surface area contributed by atoms with Gasteiger partial charge in [-0.2, -0.15) is 0 Å². The number of rotatable bonds is 8. The second-order valence-corrected chi connectivity index (χ2v) is 5.09. The number of carbonyl (C=O) groups excluding carboxylic acids is 2. The molecule has 0 aliphatic rings. The van der Waals surface area contributed by atoms with Crippen LogP contribution in [-0.4, -0.2) is 45.9 Å². The zero-order chi connectivity index (χ0) is 17.4. The summed E-state index contributed by atoms with van der Waals surface area (Å²) in [4.78, 5) is 23.3. The van der Waals surface area contributed by atoms with Gasteiger partial charge in [-0.25, -0.2) is 0 Å². The molecule has 0 aliphatic heterocycles. The number of carbonyl (C=O) groups is 2. The summed E-state index contributed by atoms with van der Waals surface area (Å²) in [5.74, 6) is 0.499. The van der Waals surface area contributed by atoms with Crippen molar-refractivity contribution in [1.82, 2.24) is 5.32 Å². The fourth-order valence-corrected chi connectivity index (χ4v) is 1.96. The van der Waals surface area contributed by atoms with E-state index in [1.165, 1.54) is 21.3 Å². The molecule has 0 heterocycles. The van der Waals surface area contributed by atoms with Crippen LogP contribution in [0.25, 0.3) is 0 Å². The number of hydrogen-bond donors (Lipinski definition) is 1. The first kappa shape index (κ1) is 18.6. The number of hydrogen-bond acceptors (Lipinski definition) is 6. The predicted octanol–water partition coefficient (Wildman–Crippen LogP) is 1.32. The molecule has 0 spiro atoms. The van der Waals surface area contributed by atoms with Crippen LogP contribution in [0.2, 0.25) is 0 Å². The Labute approximate surface area is 135 Å². The fraction of sp³-hybridized carbons (Fsp3) is 0.500. The van der Waals surface area contributed by atoms with Gasteiger partial charge in [-0.15, -0.1) is 0 Å². The zero-order valence-corrected chi connectivity index (χ0v) is 14.1. The minimum atomic E-state index is -0.516. The molecule has 1 aromatic carbocycles. The van der Waals surface area contributed by atoms with Crippen LogP contribution in [-0.2, 0) is 20.7 Å². The maximum atomic E-state index is 11.8. The van der Waals surface area contributed by atoms with Crippen molar-refractivity contribution in [2.75, 3.05) is 27.9 Å². The molecule has 1 aromatic rings. The maximum absolute atomic E-state index is 11.8. The number of amides is 1. The highest BCUT2D eigenvalue weighted by Gasteiger charge is 2.16. The van der Waals surface area contributed by atoms with Gasteiger partial charge in [0.25, 0.3) is 5.91 Å². The molecule has 1 N–H and O–H groups in total. The van der Waals surface area contributed by atoms with Crippen LogP contribution < -0.4 is 19.5 Å². The third-order valence-electron chi connectivity index (χ3n) is 2.89. The Morgan fingerprint density at radius 2 is 1.61 bits per heavy atom. The first-order valence-electron chi connectivity index (χ1n) is 7.15. The summed E-state index contributed by atoms with van der Waals surface area (Å²) in [6.45, 7) is 3.35. The Morgan fingerprint density at radius 3 is 2.04 bits per heavy atom. The molecule has 23 heavy (non-hydrogen) atoms. The molecule has 0 unspecified atom stereocenters. The van der Waals surface area contributed by atoms with Gasteiger partial charge in [0.05, 0.1) is 27.8 Å². The molecule has 0 atom stereocenters. The average molecular weight is 325 g/mol. The van der Waals surface area contributed by atoms with Crippen LogP contribution in [0.4, 0.5) is 0 Å². The number of ether oxygens (including phenoxy) is 4. The van der Waals surface area contributed by atoms with Crippen LogP contribution in [0.5, 0.6) is 17.2 Å². The van der Waals surface area contributed by atoms with E-state index in [0.29, 0.717) is 22.8 Å². The Hall–Kier alpha value is -2.44. The molecule has 7 nitrogen and oxygen atoms in total. The minimum absolute atomic E-state index is 0.00341. The molecule has 128 valence electrons. The third kappa shape index (κ3) is 5.69. The lowest BCUT2D eigenvalue weighted by atomic mass is 10.1.